The zero-order valence-electron chi connectivity index (χ0n) is 11.5. The summed E-state index contributed by atoms with van der Waals surface area (Å²) in [7, 11) is 0. The van der Waals surface area contributed by atoms with Gasteiger partial charge in [-0.3, -0.25) is 0 Å². The third kappa shape index (κ3) is 2.85. The summed E-state index contributed by atoms with van der Waals surface area (Å²) in [6.07, 6.45) is 0.626. The highest BCUT2D eigenvalue weighted by Crippen LogP contribution is 2.35. The highest BCUT2D eigenvalue weighted by atomic mass is 19.4. The van der Waals surface area contributed by atoms with E-state index in [-0.39, 0.29) is 6.42 Å². The van der Waals surface area contributed by atoms with E-state index in [0.29, 0.717) is 19.4 Å². The van der Waals surface area contributed by atoms with Gasteiger partial charge in [-0.25, -0.2) is 0 Å². The highest BCUT2D eigenvalue weighted by molar-refractivity contribution is 5.35. The summed E-state index contributed by atoms with van der Waals surface area (Å²) in [6, 6.07) is 5.76. The molecule has 0 saturated carbocycles. The van der Waals surface area contributed by atoms with E-state index in [1.165, 1.54) is 17.5 Å². The molecule has 3 rings (SSSR count). The third-order valence-corrected chi connectivity index (χ3v) is 4.62. The van der Waals surface area contributed by atoms with Crippen LogP contribution in [0.3, 0.4) is 0 Å². The second kappa shape index (κ2) is 5.40. The molecular formula is C16H20F3N. The molecule has 0 bridgehead atoms. The number of hydrogen-bond acceptors (Lipinski definition) is 1. The van der Waals surface area contributed by atoms with E-state index >= 15 is 0 Å². The lowest BCUT2D eigenvalue weighted by molar-refractivity contribution is -0.188. The Morgan fingerprint density at radius 2 is 1.90 bits per heavy atom. The highest BCUT2D eigenvalue weighted by Gasteiger charge is 2.45. The number of piperidine rings is 1. The summed E-state index contributed by atoms with van der Waals surface area (Å²) in [5, 5.41) is 3.07. The Kier molecular flexibility index (Phi) is 3.76. The van der Waals surface area contributed by atoms with Crippen LogP contribution in [-0.4, -0.2) is 18.8 Å². The number of aryl methyl sites for hydroxylation is 2. The van der Waals surface area contributed by atoms with E-state index in [1.54, 1.807) is 0 Å². The van der Waals surface area contributed by atoms with Crippen molar-refractivity contribution in [2.75, 3.05) is 6.54 Å². The first-order chi connectivity index (χ1) is 9.54. The maximum absolute atomic E-state index is 13.1. The average molecular weight is 283 g/mol. The molecule has 1 nitrogen and oxygen atoms in total. The van der Waals surface area contributed by atoms with Gasteiger partial charge in [0.1, 0.15) is 0 Å². The molecule has 2 unspecified atom stereocenters. The van der Waals surface area contributed by atoms with Crippen LogP contribution >= 0.6 is 0 Å². The minimum absolute atomic E-state index is 0.256. The van der Waals surface area contributed by atoms with E-state index in [2.05, 4.69) is 17.4 Å². The SMILES string of the molecule is FC(F)(F)C1CCCNC1Cc1ccc2c(c1)CCC2. The number of benzene rings is 1. The van der Waals surface area contributed by atoms with Crippen molar-refractivity contribution < 1.29 is 13.2 Å². The van der Waals surface area contributed by atoms with Crippen molar-refractivity contribution in [2.24, 2.45) is 5.92 Å². The van der Waals surface area contributed by atoms with Crippen molar-refractivity contribution >= 4 is 0 Å². The van der Waals surface area contributed by atoms with Crippen molar-refractivity contribution in [1.82, 2.24) is 5.32 Å². The molecular weight excluding hydrogens is 263 g/mol. The summed E-state index contributed by atoms with van der Waals surface area (Å²) >= 11 is 0. The average Bonchev–Trinajstić information content (AvgIpc) is 2.85. The smallest absolute Gasteiger partial charge is 0.313 e. The van der Waals surface area contributed by atoms with Gasteiger partial charge in [0.2, 0.25) is 0 Å². The second-order valence-corrected chi connectivity index (χ2v) is 6.01. The largest absolute Gasteiger partial charge is 0.393 e. The van der Waals surface area contributed by atoms with Gasteiger partial charge in [0, 0.05) is 6.04 Å². The number of halogens is 3. The Morgan fingerprint density at radius 3 is 2.70 bits per heavy atom. The Morgan fingerprint density at radius 1 is 1.10 bits per heavy atom. The lowest BCUT2D eigenvalue weighted by Crippen LogP contribution is -2.48. The molecule has 2 atom stereocenters. The van der Waals surface area contributed by atoms with E-state index in [1.807, 2.05) is 6.07 Å². The van der Waals surface area contributed by atoms with Crippen LogP contribution in [0.4, 0.5) is 13.2 Å². The van der Waals surface area contributed by atoms with Crippen LogP contribution in [0, 0.1) is 5.92 Å². The zero-order valence-corrected chi connectivity index (χ0v) is 11.5. The molecule has 1 N–H and O–H groups in total. The summed E-state index contributed by atoms with van der Waals surface area (Å²) in [6.45, 7) is 0.697. The van der Waals surface area contributed by atoms with E-state index < -0.39 is 18.1 Å². The lowest BCUT2D eigenvalue weighted by atomic mass is 9.86. The van der Waals surface area contributed by atoms with Gasteiger partial charge in [0.25, 0.3) is 0 Å². The Hall–Kier alpha value is -1.03. The molecule has 1 aliphatic heterocycles. The first-order valence-electron chi connectivity index (χ1n) is 7.45. The Balaban J connectivity index is 1.75. The first kappa shape index (κ1) is 13.9. The topological polar surface area (TPSA) is 12.0 Å². The molecule has 0 radical (unpaired) electrons. The van der Waals surface area contributed by atoms with E-state index in [4.69, 9.17) is 0 Å². The molecule has 20 heavy (non-hydrogen) atoms. The van der Waals surface area contributed by atoms with Crippen LogP contribution < -0.4 is 5.32 Å². The summed E-state index contributed by atoms with van der Waals surface area (Å²) in [5.41, 5.74) is 3.75. The van der Waals surface area contributed by atoms with Gasteiger partial charge in [-0.2, -0.15) is 13.2 Å². The molecule has 1 aromatic carbocycles. The van der Waals surface area contributed by atoms with E-state index in [9.17, 15) is 13.2 Å². The maximum atomic E-state index is 13.1. The van der Waals surface area contributed by atoms with Crippen molar-refractivity contribution in [3.8, 4) is 0 Å². The number of hydrogen-bond donors (Lipinski definition) is 1. The molecule has 1 heterocycles. The molecule has 1 aromatic rings. The molecule has 0 amide bonds. The third-order valence-electron chi connectivity index (χ3n) is 4.62. The molecule has 110 valence electrons. The fraction of sp³-hybridized carbons (Fsp3) is 0.625. The van der Waals surface area contributed by atoms with Gasteiger partial charge < -0.3 is 5.32 Å². The number of fused-ring (bicyclic) bond motifs is 1. The lowest BCUT2D eigenvalue weighted by Gasteiger charge is -2.34. The van der Waals surface area contributed by atoms with Gasteiger partial charge in [-0.05, 0) is 61.8 Å². The van der Waals surface area contributed by atoms with Crippen LogP contribution in [0.15, 0.2) is 18.2 Å². The molecule has 0 spiro atoms. The van der Waals surface area contributed by atoms with Crippen molar-refractivity contribution in [3.05, 3.63) is 34.9 Å². The van der Waals surface area contributed by atoms with Crippen LogP contribution in [0.5, 0.6) is 0 Å². The number of rotatable bonds is 2. The Labute approximate surface area is 117 Å². The molecule has 4 heteroatoms. The fourth-order valence-corrected chi connectivity index (χ4v) is 3.57. The van der Waals surface area contributed by atoms with Crippen LogP contribution in [0.1, 0.15) is 36.0 Å². The quantitative estimate of drug-likeness (QED) is 0.873. The normalized spacial score (nSPS) is 26.6. The van der Waals surface area contributed by atoms with Gasteiger partial charge in [-0.1, -0.05) is 18.2 Å². The van der Waals surface area contributed by atoms with Gasteiger partial charge in [0.05, 0.1) is 5.92 Å². The fourth-order valence-electron chi connectivity index (χ4n) is 3.57. The van der Waals surface area contributed by atoms with Crippen molar-refractivity contribution in [3.63, 3.8) is 0 Å². The maximum Gasteiger partial charge on any atom is 0.393 e. The van der Waals surface area contributed by atoms with Crippen molar-refractivity contribution in [1.29, 1.82) is 0 Å². The molecule has 1 saturated heterocycles. The van der Waals surface area contributed by atoms with Crippen LogP contribution in [-0.2, 0) is 19.3 Å². The zero-order chi connectivity index (χ0) is 14.2. The van der Waals surface area contributed by atoms with E-state index in [0.717, 1.165) is 18.4 Å². The minimum atomic E-state index is -4.09. The standard InChI is InChI=1S/C16H20F3N/c17-16(18,19)14-5-2-8-20-15(14)10-11-6-7-12-3-1-4-13(12)9-11/h6-7,9,14-15,20H,1-5,8,10H2. The molecule has 1 aliphatic carbocycles. The summed E-state index contributed by atoms with van der Waals surface area (Å²) in [4.78, 5) is 0. The monoisotopic (exact) mass is 283 g/mol. The van der Waals surface area contributed by atoms with Crippen molar-refractivity contribution in [2.45, 2.75) is 50.7 Å². The van der Waals surface area contributed by atoms with Gasteiger partial charge in [-0.15, -0.1) is 0 Å². The summed E-state index contributed by atoms with van der Waals surface area (Å²) < 4.78 is 39.2. The number of nitrogens with one attached hydrogen (secondary N) is 1. The molecule has 2 aliphatic rings. The van der Waals surface area contributed by atoms with Gasteiger partial charge >= 0.3 is 6.18 Å². The van der Waals surface area contributed by atoms with Crippen LogP contribution in [0.2, 0.25) is 0 Å². The number of alkyl halides is 3. The summed E-state index contributed by atoms with van der Waals surface area (Å²) in [5.74, 6) is -1.20. The minimum Gasteiger partial charge on any atom is -0.313 e. The Bertz CT molecular complexity index is 481. The van der Waals surface area contributed by atoms with Gasteiger partial charge in [0.15, 0.2) is 0 Å². The molecule has 1 fully saturated rings. The second-order valence-electron chi connectivity index (χ2n) is 6.01. The predicted molar refractivity (Wildman–Crippen MR) is 72.7 cm³/mol. The predicted octanol–water partition coefficient (Wildman–Crippen LogP) is 3.65. The molecule has 0 aromatic heterocycles. The van der Waals surface area contributed by atoms with Crippen LogP contribution in [0.25, 0.3) is 0 Å². The first-order valence-corrected chi connectivity index (χ1v) is 7.45.